The summed E-state index contributed by atoms with van der Waals surface area (Å²) in [5, 5.41) is -0.111. The Hall–Kier alpha value is -0.630. The van der Waals surface area contributed by atoms with Crippen LogP contribution in [0.4, 0.5) is 5.69 Å². The molecule has 0 fully saturated rings. The molecule has 0 aliphatic carbocycles. The summed E-state index contributed by atoms with van der Waals surface area (Å²) >= 11 is 11.4. The van der Waals surface area contributed by atoms with Crippen molar-refractivity contribution < 1.29 is 8.42 Å². The standard InChI is InChI=1S/C8H12Cl2N4O2S/c1-5(2)3-13-17(15,16)14-6-7(9)11-4-12-8(6)10/h4-5,13-14H,3H2,1-2H3. The van der Waals surface area contributed by atoms with Crippen molar-refractivity contribution in [2.75, 3.05) is 11.3 Å². The molecule has 0 spiro atoms. The fourth-order valence-corrected chi connectivity index (χ4v) is 2.48. The molecule has 1 heterocycles. The Labute approximate surface area is 110 Å². The SMILES string of the molecule is CC(C)CNS(=O)(=O)Nc1c(Cl)ncnc1Cl. The number of hydrogen-bond acceptors (Lipinski definition) is 4. The lowest BCUT2D eigenvalue weighted by atomic mass is 10.2. The average molecular weight is 299 g/mol. The fraction of sp³-hybridized carbons (Fsp3) is 0.500. The minimum absolute atomic E-state index is 0.0351. The first kappa shape index (κ1) is 14.4. The molecule has 0 atom stereocenters. The van der Waals surface area contributed by atoms with E-state index in [4.69, 9.17) is 23.2 Å². The van der Waals surface area contributed by atoms with Gasteiger partial charge in [0.2, 0.25) is 0 Å². The molecule has 0 aromatic carbocycles. The molecule has 0 amide bonds. The zero-order chi connectivity index (χ0) is 13.1. The summed E-state index contributed by atoms with van der Waals surface area (Å²) in [5.41, 5.74) is -0.0351. The van der Waals surface area contributed by atoms with Crippen LogP contribution in [0.3, 0.4) is 0 Å². The molecule has 6 nitrogen and oxygen atoms in total. The lowest BCUT2D eigenvalue weighted by molar-refractivity contribution is 0.565. The number of nitrogens with one attached hydrogen (secondary N) is 2. The van der Waals surface area contributed by atoms with Crippen LogP contribution in [0, 0.1) is 5.92 Å². The van der Waals surface area contributed by atoms with Crippen molar-refractivity contribution in [3.05, 3.63) is 16.6 Å². The first-order chi connectivity index (χ1) is 7.82. The molecule has 9 heteroatoms. The van der Waals surface area contributed by atoms with Crippen molar-refractivity contribution in [2.45, 2.75) is 13.8 Å². The van der Waals surface area contributed by atoms with Gasteiger partial charge in [0.1, 0.15) is 12.0 Å². The summed E-state index contributed by atoms with van der Waals surface area (Å²) in [6.07, 6.45) is 1.14. The van der Waals surface area contributed by atoms with Crippen LogP contribution in [0.15, 0.2) is 6.33 Å². The number of hydrogen-bond donors (Lipinski definition) is 2. The van der Waals surface area contributed by atoms with Crippen LogP contribution >= 0.6 is 23.2 Å². The predicted molar refractivity (Wildman–Crippen MR) is 67.4 cm³/mol. The van der Waals surface area contributed by atoms with Gasteiger partial charge in [-0.15, -0.1) is 0 Å². The Morgan fingerprint density at radius 1 is 1.29 bits per heavy atom. The van der Waals surface area contributed by atoms with Gasteiger partial charge in [-0.1, -0.05) is 37.0 Å². The van der Waals surface area contributed by atoms with Crippen molar-refractivity contribution in [3.63, 3.8) is 0 Å². The molecule has 17 heavy (non-hydrogen) atoms. The molecular formula is C8H12Cl2N4O2S. The van der Waals surface area contributed by atoms with E-state index < -0.39 is 10.2 Å². The summed E-state index contributed by atoms with van der Waals surface area (Å²) in [7, 11) is -3.72. The lowest BCUT2D eigenvalue weighted by Crippen LogP contribution is -2.33. The number of rotatable bonds is 5. The van der Waals surface area contributed by atoms with E-state index in [1.54, 1.807) is 0 Å². The quantitative estimate of drug-likeness (QED) is 0.810. The maximum absolute atomic E-state index is 11.6. The molecule has 0 saturated heterocycles. The van der Waals surface area contributed by atoms with Gasteiger partial charge in [-0.3, -0.25) is 4.72 Å². The minimum Gasteiger partial charge on any atom is -0.265 e. The highest BCUT2D eigenvalue weighted by Crippen LogP contribution is 2.26. The third kappa shape index (κ3) is 4.63. The normalized spacial score (nSPS) is 11.8. The summed E-state index contributed by atoms with van der Waals surface area (Å²) in [4.78, 5) is 7.27. The van der Waals surface area contributed by atoms with Gasteiger partial charge in [0.15, 0.2) is 10.3 Å². The summed E-state index contributed by atoms with van der Waals surface area (Å²) < 4.78 is 27.8. The van der Waals surface area contributed by atoms with Gasteiger partial charge < -0.3 is 0 Å². The van der Waals surface area contributed by atoms with E-state index >= 15 is 0 Å². The third-order valence-electron chi connectivity index (χ3n) is 1.67. The molecule has 0 saturated carbocycles. The maximum Gasteiger partial charge on any atom is 0.299 e. The molecular weight excluding hydrogens is 287 g/mol. The molecule has 0 bridgehead atoms. The molecule has 1 aromatic rings. The smallest absolute Gasteiger partial charge is 0.265 e. The highest BCUT2D eigenvalue weighted by molar-refractivity contribution is 7.90. The zero-order valence-corrected chi connectivity index (χ0v) is 11.6. The lowest BCUT2D eigenvalue weighted by Gasteiger charge is -2.11. The van der Waals surface area contributed by atoms with Crippen LogP contribution in [0.5, 0.6) is 0 Å². The van der Waals surface area contributed by atoms with Gasteiger partial charge in [0.05, 0.1) is 0 Å². The fourth-order valence-electron chi connectivity index (χ4n) is 0.876. The Kier molecular flexibility index (Phi) is 4.93. The Morgan fingerprint density at radius 2 is 1.82 bits per heavy atom. The van der Waals surface area contributed by atoms with E-state index in [9.17, 15) is 8.42 Å². The van der Waals surface area contributed by atoms with Crippen molar-refractivity contribution in [1.29, 1.82) is 0 Å². The molecule has 0 unspecified atom stereocenters. The van der Waals surface area contributed by atoms with Crippen LogP contribution in [-0.4, -0.2) is 24.9 Å². The van der Waals surface area contributed by atoms with E-state index in [-0.39, 0.29) is 21.9 Å². The minimum atomic E-state index is -3.72. The monoisotopic (exact) mass is 298 g/mol. The van der Waals surface area contributed by atoms with E-state index in [0.29, 0.717) is 6.54 Å². The molecule has 96 valence electrons. The van der Waals surface area contributed by atoms with E-state index in [1.165, 1.54) is 0 Å². The second-order valence-corrected chi connectivity index (χ2v) is 5.89. The molecule has 1 aromatic heterocycles. The van der Waals surface area contributed by atoms with E-state index in [0.717, 1.165) is 6.33 Å². The molecule has 2 N–H and O–H groups in total. The van der Waals surface area contributed by atoms with Gasteiger partial charge in [-0.05, 0) is 5.92 Å². The highest BCUT2D eigenvalue weighted by atomic mass is 35.5. The van der Waals surface area contributed by atoms with E-state index in [1.807, 2.05) is 13.8 Å². The maximum atomic E-state index is 11.6. The van der Waals surface area contributed by atoms with Crippen LogP contribution < -0.4 is 9.44 Å². The number of halogens is 2. The highest BCUT2D eigenvalue weighted by Gasteiger charge is 2.16. The van der Waals surface area contributed by atoms with Crippen molar-refractivity contribution in [1.82, 2.24) is 14.7 Å². The van der Waals surface area contributed by atoms with E-state index in [2.05, 4.69) is 19.4 Å². The summed E-state index contributed by atoms with van der Waals surface area (Å²) in [6, 6.07) is 0. The van der Waals surface area contributed by atoms with Crippen LogP contribution in [-0.2, 0) is 10.2 Å². The Balaban J connectivity index is 2.83. The summed E-state index contributed by atoms with van der Waals surface area (Å²) in [5.74, 6) is 0.185. The second-order valence-electron chi connectivity index (χ2n) is 3.68. The number of anilines is 1. The number of aromatic nitrogens is 2. The van der Waals surface area contributed by atoms with Crippen LogP contribution in [0.2, 0.25) is 10.3 Å². The van der Waals surface area contributed by atoms with Gasteiger partial charge in [0.25, 0.3) is 10.2 Å². The second kappa shape index (κ2) is 5.81. The van der Waals surface area contributed by atoms with Crippen LogP contribution in [0.25, 0.3) is 0 Å². The Morgan fingerprint density at radius 3 is 2.29 bits per heavy atom. The third-order valence-corrected chi connectivity index (χ3v) is 3.27. The molecule has 0 aliphatic rings. The first-order valence-corrected chi connectivity index (χ1v) is 6.99. The molecule has 0 aliphatic heterocycles. The van der Waals surface area contributed by atoms with Gasteiger partial charge >= 0.3 is 0 Å². The van der Waals surface area contributed by atoms with Crippen LogP contribution in [0.1, 0.15) is 13.8 Å². The van der Waals surface area contributed by atoms with Gasteiger partial charge in [-0.2, -0.15) is 13.1 Å². The summed E-state index contributed by atoms with van der Waals surface area (Å²) in [6.45, 7) is 4.07. The van der Waals surface area contributed by atoms with Gasteiger partial charge in [-0.25, -0.2) is 9.97 Å². The average Bonchev–Trinajstić information content (AvgIpc) is 2.21. The van der Waals surface area contributed by atoms with Crippen molar-refractivity contribution in [2.24, 2.45) is 5.92 Å². The molecule has 0 radical (unpaired) electrons. The largest absolute Gasteiger partial charge is 0.299 e. The Bertz CT molecular complexity index is 472. The van der Waals surface area contributed by atoms with Crippen molar-refractivity contribution >= 4 is 39.1 Å². The molecule has 1 rings (SSSR count). The predicted octanol–water partition coefficient (Wildman–Crippen LogP) is 1.69. The van der Waals surface area contributed by atoms with Gasteiger partial charge in [0, 0.05) is 6.54 Å². The van der Waals surface area contributed by atoms with Crippen molar-refractivity contribution in [3.8, 4) is 0 Å². The zero-order valence-electron chi connectivity index (χ0n) is 9.24. The number of nitrogens with zero attached hydrogens (tertiary/aromatic N) is 2. The first-order valence-electron chi connectivity index (χ1n) is 4.75. The topological polar surface area (TPSA) is 84.0 Å².